The van der Waals surface area contributed by atoms with E-state index >= 15 is 0 Å². The zero-order valence-corrected chi connectivity index (χ0v) is 13.9. The third-order valence-corrected chi connectivity index (χ3v) is 5.50. The van der Waals surface area contributed by atoms with Crippen LogP contribution in [0.15, 0.2) is 24.3 Å². The van der Waals surface area contributed by atoms with E-state index in [0.29, 0.717) is 22.7 Å². The first-order chi connectivity index (χ1) is 10.8. The summed E-state index contributed by atoms with van der Waals surface area (Å²) in [6.45, 7) is 1.70. The van der Waals surface area contributed by atoms with Gasteiger partial charge in [0.05, 0.1) is 16.5 Å². The van der Waals surface area contributed by atoms with E-state index in [1.54, 1.807) is 6.92 Å². The molecule has 2 N–H and O–H groups in total. The minimum Gasteiger partial charge on any atom is -0.477 e. The molecule has 0 aliphatic carbocycles. The van der Waals surface area contributed by atoms with Gasteiger partial charge in [0.25, 0.3) is 0 Å². The number of rotatable bonds is 7. The van der Waals surface area contributed by atoms with Crippen molar-refractivity contribution in [1.29, 1.82) is 0 Å². The van der Waals surface area contributed by atoms with E-state index in [-0.39, 0.29) is 17.2 Å². The standard InChI is InChI=1S/C14H15FN2O4S2/c1-9-13(14(18)19)22-12(17-9)5-6-16-23(20,21)8-10-3-2-4-11(15)7-10/h2-4,7,16H,5-6,8H2,1H3,(H,18,19). The van der Waals surface area contributed by atoms with Gasteiger partial charge in [-0.1, -0.05) is 12.1 Å². The molecule has 1 heterocycles. The van der Waals surface area contributed by atoms with Gasteiger partial charge < -0.3 is 5.11 Å². The van der Waals surface area contributed by atoms with E-state index in [1.165, 1.54) is 24.3 Å². The number of benzene rings is 1. The molecule has 0 spiro atoms. The number of carboxylic acids is 1. The van der Waals surface area contributed by atoms with Crippen molar-refractivity contribution in [2.45, 2.75) is 19.1 Å². The molecular weight excluding hydrogens is 343 g/mol. The van der Waals surface area contributed by atoms with Crippen LogP contribution in [-0.4, -0.2) is 31.0 Å². The summed E-state index contributed by atoms with van der Waals surface area (Å²) >= 11 is 1.03. The predicted octanol–water partition coefficient (Wildman–Crippen LogP) is 1.95. The summed E-state index contributed by atoms with van der Waals surface area (Å²) in [5, 5.41) is 9.50. The van der Waals surface area contributed by atoms with Crippen LogP contribution in [-0.2, 0) is 22.2 Å². The number of aromatic nitrogens is 1. The molecule has 2 rings (SSSR count). The number of hydrogen-bond donors (Lipinski definition) is 2. The monoisotopic (exact) mass is 358 g/mol. The molecule has 0 aliphatic rings. The van der Waals surface area contributed by atoms with Crippen molar-refractivity contribution >= 4 is 27.3 Å². The highest BCUT2D eigenvalue weighted by atomic mass is 32.2. The van der Waals surface area contributed by atoms with Crippen molar-refractivity contribution in [3.8, 4) is 0 Å². The molecule has 0 aliphatic heterocycles. The minimum atomic E-state index is -3.60. The van der Waals surface area contributed by atoms with Crippen molar-refractivity contribution < 1.29 is 22.7 Å². The van der Waals surface area contributed by atoms with Gasteiger partial charge in [-0.3, -0.25) is 0 Å². The van der Waals surface area contributed by atoms with E-state index < -0.39 is 21.8 Å². The molecule has 9 heteroatoms. The molecule has 0 bridgehead atoms. The van der Waals surface area contributed by atoms with Gasteiger partial charge in [0.15, 0.2) is 0 Å². The number of sulfonamides is 1. The van der Waals surface area contributed by atoms with Crippen LogP contribution in [0.5, 0.6) is 0 Å². The van der Waals surface area contributed by atoms with Gasteiger partial charge in [0.1, 0.15) is 10.7 Å². The van der Waals surface area contributed by atoms with Crippen LogP contribution in [0.1, 0.15) is 25.9 Å². The third-order valence-electron chi connectivity index (χ3n) is 2.94. The van der Waals surface area contributed by atoms with Gasteiger partial charge in [0.2, 0.25) is 10.0 Å². The lowest BCUT2D eigenvalue weighted by molar-refractivity contribution is 0.0701. The lowest BCUT2D eigenvalue weighted by Crippen LogP contribution is -2.27. The number of aryl methyl sites for hydroxylation is 1. The van der Waals surface area contributed by atoms with Crippen LogP contribution in [0, 0.1) is 12.7 Å². The van der Waals surface area contributed by atoms with Gasteiger partial charge in [0, 0.05) is 13.0 Å². The fraction of sp³-hybridized carbons (Fsp3) is 0.286. The highest BCUT2D eigenvalue weighted by Gasteiger charge is 2.15. The van der Waals surface area contributed by atoms with Crippen LogP contribution in [0.4, 0.5) is 4.39 Å². The van der Waals surface area contributed by atoms with Crippen LogP contribution in [0.25, 0.3) is 0 Å². The second kappa shape index (κ2) is 7.16. The lowest BCUT2D eigenvalue weighted by atomic mass is 10.2. The fourth-order valence-corrected chi connectivity index (χ4v) is 4.00. The van der Waals surface area contributed by atoms with Crippen molar-refractivity contribution in [3.63, 3.8) is 0 Å². The summed E-state index contributed by atoms with van der Waals surface area (Å²) in [5.41, 5.74) is 0.774. The third kappa shape index (κ3) is 5.08. The molecule has 124 valence electrons. The van der Waals surface area contributed by atoms with E-state index in [2.05, 4.69) is 9.71 Å². The Kier molecular flexibility index (Phi) is 5.45. The Balaban J connectivity index is 1.92. The van der Waals surface area contributed by atoms with Crippen LogP contribution < -0.4 is 4.72 Å². The van der Waals surface area contributed by atoms with E-state index in [1.807, 2.05) is 0 Å². The molecule has 0 saturated carbocycles. The Morgan fingerprint density at radius 2 is 2.17 bits per heavy atom. The summed E-state index contributed by atoms with van der Waals surface area (Å²) in [5.74, 6) is -1.85. The molecule has 2 aromatic rings. The minimum absolute atomic E-state index is 0.101. The van der Waals surface area contributed by atoms with E-state index in [0.717, 1.165) is 11.3 Å². The maximum Gasteiger partial charge on any atom is 0.347 e. The second-order valence-electron chi connectivity index (χ2n) is 4.86. The summed E-state index contributed by atoms with van der Waals surface area (Å²) in [6.07, 6.45) is 0.293. The Labute approximate surface area is 137 Å². The Hall–Kier alpha value is -1.84. The first-order valence-electron chi connectivity index (χ1n) is 6.68. The zero-order valence-electron chi connectivity index (χ0n) is 12.2. The van der Waals surface area contributed by atoms with Gasteiger partial charge in [-0.05, 0) is 24.6 Å². The highest BCUT2D eigenvalue weighted by Crippen LogP contribution is 2.18. The first kappa shape index (κ1) is 17.5. The maximum atomic E-state index is 13.1. The topological polar surface area (TPSA) is 96.4 Å². The summed E-state index contributed by atoms with van der Waals surface area (Å²) in [4.78, 5) is 15.2. The Morgan fingerprint density at radius 3 is 2.78 bits per heavy atom. The lowest BCUT2D eigenvalue weighted by Gasteiger charge is -2.06. The molecule has 0 amide bonds. The molecule has 0 fully saturated rings. The van der Waals surface area contributed by atoms with E-state index in [9.17, 15) is 17.6 Å². The first-order valence-corrected chi connectivity index (χ1v) is 9.15. The zero-order chi connectivity index (χ0) is 17.0. The number of hydrogen-bond acceptors (Lipinski definition) is 5. The molecular formula is C14H15FN2O4S2. The van der Waals surface area contributed by atoms with Crippen LogP contribution in [0.3, 0.4) is 0 Å². The number of halogens is 1. The molecule has 0 atom stereocenters. The molecule has 0 saturated heterocycles. The highest BCUT2D eigenvalue weighted by molar-refractivity contribution is 7.88. The Morgan fingerprint density at radius 1 is 1.43 bits per heavy atom. The van der Waals surface area contributed by atoms with Crippen molar-refractivity contribution in [2.75, 3.05) is 6.54 Å². The SMILES string of the molecule is Cc1nc(CCNS(=O)(=O)Cc2cccc(F)c2)sc1C(=O)O. The molecule has 0 radical (unpaired) electrons. The molecule has 23 heavy (non-hydrogen) atoms. The van der Waals surface area contributed by atoms with Gasteiger partial charge in [-0.25, -0.2) is 27.3 Å². The largest absolute Gasteiger partial charge is 0.477 e. The van der Waals surface area contributed by atoms with Gasteiger partial charge in [-0.15, -0.1) is 11.3 Å². The number of nitrogens with zero attached hydrogens (tertiary/aromatic N) is 1. The van der Waals surface area contributed by atoms with E-state index in [4.69, 9.17) is 5.11 Å². The Bertz CT molecular complexity index is 818. The number of carboxylic acid groups (broad SMARTS) is 1. The van der Waals surface area contributed by atoms with Crippen LogP contribution >= 0.6 is 11.3 Å². The summed E-state index contributed by atoms with van der Waals surface area (Å²) in [6, 6.07) is 5.40. The normalized spacial score (nSPS) is 11.6. The van der Waals surface area contributed by atoms with Crippen LogP contribution in [0.2, 0.25) is 0 Å². The molecule has 1 aromatic carbocycles. The smallest absolute Gasteiger partial charge is 0.347 e. The second-order valence-corrected chi connectivity index (χ2v) is 7.75. The van der Waals surface area contributed by atoms with Gasteiger partial charge >= 0.3 is 5.97 Å². The predicted molar refractivity (Wildman–Crippen MR) is 84.5 cm³/mol. The van der Waals surface area contributed by atoms with Crippen molar-refractivity contribution in [2.24, 2.45) is 0 Å². The molecule has 0 unspecified atom stereocenters. The molecule has 6 nitrogen and oxygen atoms in total. The average Bonchev–Trinajstić information content (AvgIpc) is 2.79. The number of thiazole rings is 1. The average molecular weight is 358 g/mol. The van der Waals surface area contributed by atoms with Crippen molar-refractivity contribution in [3.05, 3.63) is 51.2 Å². The number of carbonyl (C=O) groups is 1. The fourth-order valence-electron chi connectivity index (χ4n) is 1.97. The number of nitrogens with one attached hydrogen (secondary N) is 1. The van der Waals surface area contributed by atoms with Crippen molar-refractivity contribution in [1.82, 2.24) is 9.71 Å². The summed E-state index contributed by atoms with van der Waals surface area (Å²) in [7, 11) is -3.60. The maximum absolute atomic E-state index is 13.1. The molecule has 1 aromatic heterocycles. The summed E-state index contributed by atoms with van der Waals surface area (Å²) < 4.78 is 39.3. The quantitative estimate of drug-likeness (QED) is 0.789. The number of aromatic carboxylic acids is 1. The van der Waals surface area contributed by atoms with Gasteiger partial charge in [-0.2, -0.15) is 0 Å².